The number of ether oxygens (including phenoxy) is 1. The number of carbonyl (C=O) groups is 1. The fourth-order valence-corrected chi connectivity index (χ4v) is 2.86. The van der Waals surface area contributed by atoms with Crippen molar-refractivity contribution >= 4 is 33.8 Å². The number of carbonyl (C=O) groups excluding carboxylic acids is 1. The number of halogens is 1. The molecule has 0 saturated heterocycles. The molecule has 120 valence electrons. The largest absolute Gasteiger partial charge is 0.465 e. The van der Waals surface area contributed by atoms with Crippen LogP contribution >= 0.6 is 11.6 Å². The highest BCUT2D eigenvalue weighted by Crippen LogP contribution is 2.16. The Hall–Kier alpha value is -2.38. The predicted molar refractivity (Wildman–Crippen MR) is 87.1 cm³/mol. The zero-order valence-corrected chi connectivity index (χ0v) is 13.6. The summed E-state index contributed by atoms with van der Waals surface area (Å²) in [6, 6.07) is 12.4. The van der Waals surface area contributed by atoms with Crippen LogP contribution in [0, 0.1) is 0 Å². The van der Waals surface area contributed by atoms with Crippen molar-refractivity contribution in [3.05, 3.63) is 64.7 Å². The number of hydrogen-bond acceptors (Lipinski definition) is 5. The molecule has 0 radical (unpaired) electrons. The molecule has 0 atom stereocenters. The Balaban J connectivity index is 2.23. The molecule has 0 aliphatic carbocycles. The van der Waals surface area contributed by atoms with Crippen molar-refractivity contribution in [3.8, 4) is 0 Å². The van der Waals surface area contributed by atoms with Gasteiger partial charge in [0.25, 0.3) is 10.0 Å². The number of rotatable bonds is 5. The summed E-state index contributed by atoms with van der Waals surface area (Å²) in [4.78, 5) is 13.5. The van der Waals surface area contributed by atoms with E-state index in [4.69, 9.17) is 11.6 Å². The van der Waals surface area contributed by atoms with E-state index in [0.717, 1.165) is 0 Å². The number of methoxy groups -OCH3 is 1. The Morgan fingerprint density at radius 3 is 2.48 bits per heavy atom. The summed E-state index contributed by atoms with van der Waals surface area (Å²) in [6.45, 7) is 0. The lowest BCUT2D eigenvalue weighted by molar-refractivity contribution is 0.0596. The van der Waals surface area contributed by atoms with Gasteiger partial charge >= 0.3 is 5.97 Å². The van der Waals surface area contributed by atoms with Crippen LogP contribution in [0.5, 0.6) is 0 Å². The van der Waals surface area contributed by atoms with Gasteiger partial charge in [-0.1, -0.05) is 35.9 Å². The van der Waals surface area contributed by atoms with Crippen LogP contribution in [0.4, 0.5) is 0 Å². The minimum atomic E-state index is -4.00. The summed E-state index contributed by atoms with van der Waals surface area (Å²) < 4.78 is 29.1. The van der Waals surface area contributed by atoms with E-state index in [2.05, 4.69) is 14.7 Å². The maximum atomic E-state index is 12.3. The van der Waals surface area contributed by atoms with Crippen LogP contribution in [0.15, 0.2) is 58.5 Å². The van der Waals surface area contributed by atoms with Crippen LogP contribution in [0.3, 0.4) is 0 Å². The van der Waals surface area contributed by atoms with E-state index in [0.29, 0.717) is 10.6 Å². The summed E-state index contributed by atoms with van der Waals surface area (Å²) in [6.07, 6.45) is 1.33. The number of esters is 1. The van der Waals surface area contributed by atoms with E-state index in [1.807, 2.05) is 0 Å². The second-order valence-electron chi connectivity index (χ2n) is 4.39. The molecule has 0 saturated carbocycles. The second kappa shape index (κ2) is 7.26. The van der Waals surface area contributed by atoms with Crippen LogP contribution in [-0.4, -0.2) is 27.7 Å². The zero-order valence-electron chi connectivity index (χ0n) is 12.1. The average molecular weight is 353 g/mol. The molecule has 0 spiro atoms. The Labute approximate surface area is 138 Å². The highest BCUT2D eigenvalue weighted by Gasteiger charge is 2.21. The lowest BCUT2D eigenvalue weighted by Gasteiger charge is -2.08. The van der Waals surface area contributed by atoms with Crippen molar-refractivity contribution in [2.75, 3.05) is 7.11 Å². The molecular formula is C15H13ClN2O4S. The Morgan fingerprint density at radius 2 is 1.83 bits per heavy atom. The Morgan fingerprint density at radius 1 is 1.17 bits per heavy atom. The minimum Gasteiger partial charge on any atom is -0.465 e. The van der Waals surface area contributed by atoms with Gasteiger partial charge in [0.05, 0.1) is 18.9 Å². The summed E-state index contributed by atoms with van der Waals surface area (Å²) in [5, 5.41) is 4.25. The highest BCUT2D eigenvalue weighted by atomic mass is 35.5. The first-order valence-electron chi connectivity index (χ1n) is 6.42. The van der Waals surface area contributed by atoms with E-state index in [-0.39, 0.29) is 10.5 Å². The van der Waals surface area contributed by atoms with Gasteiger partial charge in [0, 0.05) is 5.02 Å². The smallest absolute Gasteiger partial charge is 0.339 e. The molecule has 0 amide bonds. The summed E-state index contributed by atoms with van der Waals surface area (Å²) in [5.74, 6) is -0.743. The van der Waals surface area contributed by atoms with E-state index in [1.165, 1.54) is 31.5 Å². The maximum Gasteiger partial charge on any atom is 0.339 e. The van der Waals surface area contributed by atoms with Crippen LogP contribution in [-0.2, 0) is 14.8 Å². The van der Waals surface area contributed by atoms with Gasteiger partial charge in [0.15, 0.2) is 0 Å². The number of sulfonamides is 1. The van der Waals surface area contributed by atoms with Crippen LogP contribution < -0.4 is 4.83 Å². The normalized spacial score (nSPS) is 11.4. The monoisotopic (exact) mass is 352 g/mol. The molecule has 23 heavy (non-hydrogen) atoms. The topological polar surface area (TPSA) is 84.8 Å². The standard InChI is InChI=1S/C15H13ClN2O4S/c1-22-15(19)13-4-2-3-5-14(13)23(20,21)18-17-10-11-6-8-12(16)9-7-11/h2-10,18H,1H3. The zero-order chi connectivity index (χ0) is 16.9. The van der Waals surface area contributed by atoms with E-state index < -0.39 is 16.0 Å². The van der Waals surface area contributed by atoms with Crippen LogP contribution in [0.25, 0.3) is 0 Å². The fraction of sp³-hybridized carbons (Fsp3) is 0.0667. The van der Waals surface area contributed by atoms with Crippen LogP contribution in [0.1, 0.15) is 15.9 Å². The molecule has 1 N–H and O–H groups in total. The van der Waals surface area contributed by atoms with E-state index in [1.54, 1.807) is 30.3 Å². The van der Waals surface area contributed by atoms with E-state index >= 15 is 0 Å². The second-order valence-corrected chi connectivity index (χ2v) is 6.46. The van der Waals surface area contributed by atoms with Gasteiger partial charge in [-0.3, -0.25) is 0 Å². The summed E-state index contributed by atoms with van der Waals surface area (Å²) >= 11 is 5.76. The third-order valence-corrected chi connectivity index (χ3v) is 4.37. The average Bonchev–Trinajstić information content (AvgIpc) is 2.56. The highest BCUT2D eigenvalue weighted by molar-refractivity contribution is 7.89. The maximum absolute atomic E-state index is 12.3. The third kappa shape index (κ3) is 4.30. The third-order valence-electron chi connectivity index (χ3n) is 2.84. The number of benzene rings is 2. The number of nitrogens with one attached hydrogen (secondary N) is 1. The van der Waals surface area contributed by atoms with Gasteiger partial charge in [-0.15, -0.1) is 0 Å². The molecule has 2 rings (SSSR count). The molecule has 0 bridgehead atoms. The first kappa shape index (κ1) is 17.0. The molecule has 2 aromatic carbocycles. The van der Waals surface area contributed by atoms with Gasteiger partial charge in [-0.25, -0.2) is 9.63 Å². The summed E-state index contributed by atoms with van der Waals surface area (Å²) in [5.41, 5.74) is 0.600. The number of hydrazone groups is 1. The predicted octanol–water partition coefficient (Wildman–Crippen LogP) is 2.44. The van der Waals surface area contributed by atoms with Gasteiger partial charge in [0.1, 0.15) is 4.90 Å². The molecule has 6 nitrogen and oxygen atoms in total. The van der Waals surface area contributed by atoms with Gasteiger partial charge in [0.2, 0.25) is 0 Å². The fourth-order valence-electron chi connectivity index (χ4n) is 1.75. The molecule has 0 heterocycles. The first-order chi connectivity index (χ1) is 10.9. The quantitative estimate of drug-likeness (QED) is 0.509. The Kier molecular flexibility index (Phi) is 5.36. The summed E-state index contributed by atoms with van der Waals surface area (Å²) in [7, 11) is -2.82. The minimum absolute atomic E-state index is 0.0656. The molecule has 2 aromatic rings. The molecule has 0 aliphatic heterocycles. The lowest BCUT2D eigenvalue weighted by Crippen LogP contribution is -2.21. The van der Waals surface area contributed by atoms with Crippen molar-refractivity contribution < 1.29 is 17.9 Å². The Bertz CT molecular complexity index is 833. The van der Waals surface area contributed by atoms with E-state index in [9.17, 15) is 13.2 Å². The number of hydrogen-bond donors (Lipinski definition) is 1. The molecule has 0 aliphatic rings. The molecule has 8 heteroatoms. The van der Waals surface area contributed by atoms with Crippen molar-refractivity contribution in [3.63, 3.8) is 0 Å². The van der Waals surface area contributed by atoms with Crippen LogP contribution in [0.2, 0.25) is 5.02 Å². The van der Waals surface area contributed by atoms with Gasteiger partial charge < -0.3 is 4.74 Å². The molecule has 0 unspecified atom stereocenters. The lowest BCUT2D eigenvalue weighted by atomic mass is 10.2. The van der Waals surface area contributed by atoms with Crippen molar-refractivity contribution in [1.29, 1.82) is 0 Å². The van der Waals surface area contributed by atoms with Crippen molar-refractivity contribution in [1.82, 2.24) is 4.83 Å². The number of nitrogens with zero attached hydrogens (tertiary/aromatic N) is 1. The molecule has 0 aromatic heterocycles. The SMILES string of the molecule is COC(=O)c1ccccc1S(=O)(=O)NN=Cc1ccc(Cl)cc1. The van der Waals surface area contributed by atoms with Crippen molar-refractivity contribution in [2.45, 2.75) is 4.90 Å². The first-order valence-corrected chi connectivity index (χ1v) is 8.28. The van der Waals surface area contributed by atoms with Gasteiger partial charge in [-0.2, -0.15) is 13.5 Å². The molecular weight excluding hydrogens is 340 g/mol. The van der Waals surface area contributed by atoms with Gasteiger partial charge in [-0.05, 0) is 29.8 Å². The molecule has 0 fully saturated rings. The van der Waals surface area contributed by atoms with Crippen molar-refractivity contribution in [2.24, 2.45) is 5.10 Å².